The number of benzene rings is 1. The summed E-state index contributed by atoms with van der Waals surface area (Å²) in [4.78, 5) is 20.7. The number of sulfonamides is 1. The molecule has 1 fully saturated rings. The second kappa shape index (κ2) is 6.38. The van der Waals surface area contributed by atoms with Crippen LogP contribution in [-0.2, 0) is 14.8 Å². The molecule has 0 bridgehead atoms. The molecule has 0 saturated carbocycles. The van der Waals surface area contributed by atoms with Crippen molar-refractivity contribution in [2.45, 2.75) is 17.4 Å². The van der Waals surface area contributed by atoms with E-state index in [-0.39, 0.29) is 0 Å². The fourth-order valence-corrected chi connectivity index (χ4v) is 4.14. The number of hydrogen-bond acceptors (Lipinski definition) is 6. The van der Waals surface area contributed by atoms with Gasteiger partial charge in [-0.1, -0.05) is 12.1 Å². The summed E-state index contributed by atoms with van der Waals surface area (Å²) >= 11 is 0. The molecule has 1 saturated heterocycles. The molecule has 0 radical (unpaired) electrons. The minimum Gasteiger partial charge on any atom is -0.480 e. The molecular weight excluding hydrogens is 314 g/mol. The van der Waals surface area contributed by atoms with Crippen LogP contribution in [0.15, 0.2) is 29.2 Å². The lowest BCUT2D eigenvalue weighted by atomic mass is 10.2. The van der Waals surface area contributed by atoms with E-state index in [1.54, 1.807) is 0 Å². The molecule has 1 unspecified atom stereocenters. The Morgan fingerprint density at radius 1 is 1.45 bits per heavy atom. The van der Waals surface area contributed by atoms with Gasteiger partial charge in [-0.15, -0.1) is 0 Å². The molecule has 0 amide bonds. The average Bonchev–Trinajstić information content (AvgIpc) is 2.98. The highest BCUT2D eigenvalue weighted by atomic mass is 32.2. The summed E-state index contributed by atoms with van der Waals surface area (Å²) in [5.74, 6) is -1.31. The maximum Gasteiger partial charge on any atom is 0.318 e. The van der Waals surface area contributed by atoms with Gasteiger partial charge in [0, 0.05) is 18.7 Å². The first-order valence-corrected chi connectivity index (χ1v) is 7.96. The zero-order valence-corrected chi connectivity index (χ0v) is 12.3. The highest BCUT2D eigenvalue weighted by molar-refractivity contribution is 7.89. The number of para-hydroxylation sites is 1. The number of carboxylic acid groups (broad SMARTS) is 1. The third-order valence-corrected chi connectivity index (χ3v) is 5.33. The second-order valence-electron chi connectivity index (χ2n) is 4.82. The van der Waals surface area contributed by atoms with Gasteiger partial charge >= 0.3 is 5.97 Å². The molecule has 1 aromatic carbocycles. The van der Waals surface area contributed by atoms with Gasteiger partial charge in [0.15, 0.2) is 4.90 Å². The van der Waals surface area contributed by atoms with Crippen LogP contribution < -0.4 is 5.32 Å². The molecule has 0 spiro atoms. The van der Waals surface area contributed by atoms with Crippen molar-refractivity contribution in [2.75, 3.05) is 19.6 Å². The number of nitro groups is 1. The molecular formula is C12H15N3O6S. The number of nitro benzene ring substituents is 1. The summed E-state index contributed by atoms with van der Waals surface area (Å²) in [6.07, 6.45) is 0.452. The van der Waals surface area contributed by atoms with Gasteiger partial charge in [-0.2, -0.15) is 4.31 Å². The normalized spacial score (nSPS) is 18.5. The van der Waals surface area contributed by atoms with Gasteiger partial charge in [0.1, 0.15) is 6.54 Å². The lowest BCUT2D eigenvalue weighted by Gasteiger charge is -2.25. The number of aliphatic carboxylic acids is 1. The Balaban J connectivity index is 2.49. The van der Waals surface area contributed by atoms with Gasteiger partial charge in [-0.3, -0.25) is 14.9 Å². The summed E-state index contributed by atoms with van der Waals surface area (Å²) in [5, 5.41) is 23.0. The van der Waals surface area contributed by atoms with E-state index in [0.29, 0.717) is 19.5 Å². The largest absolute Gasteiger partial charge is 0.480 e. The number of hydrogen-bond donors (Lipinski definition) is 2. The Labute approximate surface area is 126 Å². The molecule has 10 heteroatoms. The van der Waals surface area contributed by atoms with E-state index in [4.69, 9.17) is 5.11 Å². The molecule has 9 nitrogen and oxygen atoms in total. The highest BCUT2D eigenvalue weighted by Gasteiger charge is 2.38. The topological polar surface area (TPSA) is 130 Å². The SMILES string of the molecule is O=C(O)CN(C1CCNC1)S(=O)(=O)c1ccccc1[N+](=O)[O-]. The van der Waals surface area contributed by atoms with Crippen LogP contribution in [0.2, 0.25) is 0 Å². The summed E-state index contributed by atoms with van der Waals surface area (Å²) in [7, 11) is -4.28. The Morgan fingerprint density at radius 2 is 2.14 bits per heavy atom. The third kappa shape index (κ3) is 3.24. The molecule has 0 aliphatic carbocycles. The second-order valence-corrected chi connectivity index (χ2v) is 6.67. The van der Waals surface area contributed by atoms with E-state index in [1.165, 1.54) is 12.1 Å². The standard InChI is InChI=1S/C12H15N3O6S/c16-12(17)8-14(9-5-6-13-7-9)22(20,21)11-4-2-1-3-10(11)15(18)19/h1-4,9,13H,5-8H2,(H,16,17). The van der Waals surface area contributed by atoms with Crippen molar-refractivity contribution in [3.05, 3.63) is 34.4 Å². The van der Waals surface area contributed by atoms with Crippen molar-refractivity contribution in [1.29, 1.82) is 0 Å². The van der Waals surface area contributed by atoms with Crippen molar-refractivity contribution < 1.29 is 23.2 Å². The van der Waals surface area contributed by atoms with Gasteiger partial charge < -0.3 is 10.4 Å². The zero-order valence-electron chi connectivity index (χ0n) is 11.5. The first-order valence-electron chi connectivity index (χ1n) is 6.52. The Morgan fingerprint density at radius 3 is 2.68 bits per heavy atom. The molecule has 1 aliphatic heterocycles. The molecule has 2 rings (SSSR count). The quantitative estimate of drug-likeness (QED) is 0.556. The van der Waals surface area contributed by atoms with E-state index < -0.39 is 44.1 Å². The summed E-state index contributed by atoms with van der Waals surface area (Å²) in [6.45, 7) is 0.140. The molecule has 1 aromatic rings. The molecule has 1 heterocycles. The number of carbonyl (C=O) groups is 1. The Bertz CT molecular complexity index is 684. The van der Waals surface area contributed by atoms with E-state index in [2.05, 4.69) is 5.32 Å². The first-order chi connectivity index (χ1) is 10.3. The minimum absolute atomic E-state index is 0.313. The van der Waals surface area contributed by atoms with Gasteiger partial charge in [-0.05, 0) is 19.0 Å². The minimum atomic E-state index is -4.28. The first kappa shape index (κ1) is 16.3. The maximum absolute atomic E-state index is 12.7. The van der Waals surface area contributed by atoms with Crippen LogP contribution in [0, 0.1) is 10.1 Å². The molecule has 1 atom stereocenters. The molecule has 0 aromatic heterocycles. The highest BCUT2D eigenvalue weighted by Crippen LogP contribution is 2.28. The van der Waals surface area contributed by atoms with Crippen molar-refractivity contribution in [3.8, 4) is 0 Å². The summed E-state index contributed by atoms with van der Waals surface area (Å²) < 4.78 is 26.2. The van der Waals surface area contributed by atoms with Crippen molar-refractivity contribution in [2.24, 2.45) is 0 Å². The van der Waals surface area contributed by atoms with Gasteiger partial charge in [0.2, 0.25) is 0 Å². The van der Waals surface area contributed by atoms with Crippen LogP contribution in [0.1, 0.15) is 6.42 Å². The predicted molar refractivity (Wildman–Crippen MR) is 75.9 cm³/mol. The van der Waals surface area contributed by atoms with E-state index in [1.807, 2.05) is 0 Å². The van der Waals surface area contributed by atoms with Crippen LogP contribution in [-0.4, -0.2) is 54.4 Å². The summed E-state index contributed by atoms with van der Waals surface area (Å²) in [5.41, 5.74) is -0.566. The number of rotatable bonds is 6. The number of nitrogens with zero attached hydrogens (tertiary/aromatic N) is 2. The molecule has 120 valence electrons. The Hall–Kier alpha value is -2.04. The monoisotopic (exact) mass is 329 g/mol. The lowest BCUT2D eigenvalue weighted by molar-refractivity contribution is -0.387. The van der Waals surface area contributed by atoms with Crippen molar-refractivity contribution in [1.82, 2.24) is 9.62 Å². The smallest absolute Gasteiger partial charge is 0.318 e. The Kier molecular flexibility index (Phi) is 4.74. The van der Waals surface area contributed by atoms with Crippen molar-refractivity contribution in [3.63, 3.8) is 0 Å². The van der Waals surface area contributed by atoms with E-state index in [0.717, 1.165) is 16.4 Å². The van der Waals surface area contributed by atoms with Crippen LogP contribution in [0.25, 0.3) is 0 Å². The van der Waals surface area contributed by atoms with Crippen LogP contribution in [0.3, 0.4) is 0 Å². The molecule has 22 heavy (non-hydrogen) atoms. The predicted octanol–water partition coefficient (Wildman–Crippen LogP) is 0.0320. The fraction of sp³-hybridized carbons (Fsp3) is 0.417. The summed E-state index contributed by atoms with van der Waals surface area (Å²) in [6, 6.07) is 4.38. The molecule has 2 N–H and O–H groups in total. The van der Waals surface area contributed by atoms with Crippen LogP contribution in [0.5, 0.6) is 0 Å². The van der Waals surface area contributed by atoms with E-state index >= 15 is 0 Å². The average molecular weight is 329 g/mol. The van der Waals surface area contributed by atoms with Crippen LogP contribution >= 0.6 is 0 Å². The third-order valence-electron chi connectivity index (χ3n) is 3.38. The fourth-order valence-electron chi connectivity index (χ4n) is 2.38. The van der Waals surface area contributed by atoms with Gasteiger partial charge in [-0.25, -0.2) is 8.42 Å². The molecule has 1 aliphatic rings. The van der Waals surface area contributed by atoms with E-state index in [9.17, 15) is 23.3 Å². The van der Waals surface area contributed by atoms with Crippen LogP contribution in [0.4, 0.5) is 5.69 Å². The van der Waals surface area contributed by atoms with Gasteiger partial charge in [0.05, 0.1) is 4.92 Å². The van der Waals surface area contributed by atoms with Crippen molar-refractivity contribution >= 4 is 21.7 Å². The lowest BCUT2D eigenvalue weighted by Crippen LogP contribution is -2.44. The maximum atomic E-state index is 12.7. The zero-order chi connectivity index (χ0) is 16.3. The number of nitrogens with one attached hydrogen (secondary N) is 1. The number of carboxylic acids is 1. The van der Waals surface area contributed by atoms with Gasteiger partial charge in [0.25, 0.3) is 15.7 Å².